The zero-order valence-electron chi connectivity index (χ0n) is 9.59. The van der Waals surface area contributed by atoms with Gasteiger partial charge in [-0.3, -0.25) is 0 Å². The fraction of sp³-hybridized carbons (Fsp3) is 1.00. The third-order valence-corrected chi connectivity index (χ3v) is 4.68. The van der Waals surface area contributed by atoms with E-state index in [0.717, 1.165) is 35.5 Å². The van der Waals surface area contributed by atoms with E-state index < -0.39 is 0 Å². The number of fused-ring (bicyclic) bond motifs is 2. The van der Waals surface area contributed by atoms with Crippen molar-refractivity contribution in [3.05, 3.63) is 0 Å². The van der Waals surface area contributed by atoms with Crippen molar-refractivity contribution in [2.75, 3.05) is 0 Å². The van der Waals surface area contributed by atoms with Gasteiger partial charge in [-0.25, -0.2) is 0 Å². The van der Waals surface area contributed by atoms with E-state index in [1.54, 1.807) is 19.3 Å². The molecule has 4 atom stereocenters. The molecule has 0 amide bonds. The second-order valence-electron chi connectivity index (χ2n) is 6.04. The summed E-state index contributed by atoms with van der Waals surface area (Å²) in [5, 5.41) is 0. The first-order chi connectivity index (χ1) is 6.09. The quantitative estimate of drug-likeness (QED) is 0.603. The summed E-state index contributed by atoms with van der Waals surface area (Å²) >= 11 is 0. The van der Waals surface area contributed by atoms with Crippen LogP contribution in [0.4, 0.5) is 0 Å². The first-order valence-corrected chi connectivity index (χ1v) is 6.09. The lowest BCUT2D eigenvalue weighted by atomic mass is 9.73. The summed E-state index contributed by atoms with van der Waals surface area (Å²) in [4.78, 5) is 0. The Morgan fingerprint density at radius 3 is 1.31 bits per heavy atom. The summed E-state index contributed by atoms with van der Waals surface area (Å²) in [5.41, 5.74) is 0. The first kappa shape index (κ1) is 9.55. The molecule has 2 aliphatic carbocycles. The Kier molecular flexibility index (Phi) is 2.42. The van der Waals surface area contributed by atoms with Crippen LogP contribution in [0.5, 0.6) is 0 Å². The number of hydrogen-bond donors (Lipinski definition) is 0. The van der Waals surface area contributed by atoms with Gasteiger partial charge in [0.2, 0.25) is 0 Å². The van der Waals surface area contributed by atoms with Crippen molar-refractivity contribution in [2.24, 2.45) is 35.5 Å². The Morgan fingerprint density at radius 2 is 1.08 bits per heavy atom. The second kappa shape index (κ2) is 3.29. The fourth-order valence-electron chi connectivity index (χ4n) is 4.00. The molecule has 0 aliphatic heterocycles. The third kappa shape index (κ3) is 1.53. The molecule has 0 aromatic heterocycles. The van der Waals surface area contributed by atoms with Crippen molar-refractivity contribution >= 4 is 0 Å². The van der Waals surface area contributed by atoms with Crippen LogP contribution in [0, 0.1) is 35.5 Å². The van der Waals surface area contributed by atoms with Gasteiger partial charge in [0, 0.05) is 0 Å². The minimum absolute atomic E-state index is 0.933. The van der Waals surface area contributed by atoms with Crippen LogP contribution >= 0.6 is 0 Å². The van der Waals surface area contributed by atoms with Crippen LogP contribution in [0.2, 0.25) is 0 Å². The van der Waals surface area contributed by atoms with Gasteiger partial charge in [0.1, 0.15) is 0 Å². The monoisotopic (exact) mass is 180 g/mol. The predicted molar refractivity (Wildman–Crippen MR) is 57.5 cm³/mol. The number of hydrogen-bond acceptors (Lipinski definition) is 0. The molecule has 0 heteroatoms. The first-order valence-electron chi connectivity index (χ1n) is 6.09. The molecule has 0 aromatic rings. The molecule has 13 heavy (non-hydrogen) atoms. The standard InChI is InChI=1S/C13H24/c1-8(2)12-6-11-5-10(12)7-13(11)9(3)4/h8-13H,5-7H2,1-4H3/t10-,11-,12?,13?/m0/s1. The Morgan fingerprint density at radius 1 is 0.692 bits per heavy atom. The van der Waals surface area contributed by atoms with E-state index in [-0.39, 0.29) is 0 Å². The Hall–Kier alpha value is 0. The van der Waals surface area contributed by atoms with E-state index in [1.807, 2.05) is 0 Å². The molecule has 76 valence electrons. The average Bonchev–Trinajstić information content (AvgIpc) is 2.60. The van der Waals surface area contributed by atoms with Crippen molar-refractivity contribution in [1.29, 1.82) is 0 Å². The molecule has 0 aromatic carbocycles. The van der Waals surface area contributed by atoms with Gasteiger partial charge < -0.3 is 0 Å². The van der Waals surface area contributed by atoms with Gasteiger partial charge >= 0.3 is 0 Å². The summed E-state index contributed by atoms with van der Waals surface area (Å²) in [6, 6.07) is 0. The molecule has 2 aliphatic rings. The van der Waals surface area contributed by atoms with E-state index in [9.17, 15) is 0 Å². The molecule has 0 spiro atoms. The molecule has 0 radical (unpaired) electrons. The van der Waals surface area contributed by atoms with Crippen LogP contribution in [0.3, 0.4) is 0 Å². The third-order valence-electron chi connectivity index (χ3n) is 4.68. The summed E-state index contributed by atoms with van der Waals surface area (Å²) in [6.45, 7) is 9.65. The Bertz CT molecular complexity index is 160. The molecular formula is C13H24. The number of rotatable bonds is 2. The maximum absolute atomic E-state index is 2.41. The van der Waals surface area contributed by atoms with Gasteiger partial charge in [-0.05, 0) is 54.8 Å². The van der Waals surface area contributed by atoms with Crippen molar-refractivity contribution in [3.8, 4) is 0 Å². The highest BCUT2D eigenvalue weighted by Gasteiger charge is 2.46. The SMILES string of the molecule is CC(C)C1C[C@@H]2C[C@H]1CC2C(C)C. The highest BCUT2D eigenvalue weighted by atomic mass is 14.5. The smallest absolute Gasteiger partial charge is 0.0360 e. The lowest BCUT2D eigenvalue weighted by molar-refractivity contribution is 0.175. The van der Waals surface area contributed by atoms with Crippen LogP contribution in [0.25, 0.3) is 0 Å². The molecule has 0 nitrogen and oxygen atoms in total. The predicted octanol–water partition coefficient (Wildman–Crippen LogP) is 3.96. The molecule has 2 bridgehead atoms. The highest BCUT2D eigenvalue weighted by molar-refractivity contribution is 4.96. The van der Waals surface area contributed by atoms with E-state index in [2.05, 4.69) is 27.7 Å². The lowest BCUT2D eigenvalue weighted by Gasteiger charge is -2.32. The summed E-state index contributed by atoms with van der Waals surface area (Å²) in [6.07, 6.45) is 4.65. The van der Waals surface area contributed by atoms with Gasteiger partial charge in [-0.1, -0.05) is 27.7 Å². The molecular weight excluding hydrogens is 156 g/mol. The zero-order valence-corrected chi connectivity index (χ0v) is 9.59. The Balaban J connectivity index is 1.99. The molecule has 0 N–H and O–H groups in total. The molecule has 2 rings (SSSR count). The maximum atomic E-state index is 2.41. The Labute approximate surface area is 83.1 Å². The molecule has 2 unspecified atom stereocenters. The van der Waals surface area contributed by atoms with Crippen LogP contribution in [-0.2, 0) is 0 Å². The molecule has 0 saturated heterocycles. The fourth-order valence-corrected chi connectivity index (χ4v) is 4.00. The second-order valence-corrected chi connectivity index (χ2v) is 6.04. The zero-order chi connectivity index (χ0) is 9.59. The highest BCUT2D eigenvalue weighted by Crippen LogP contribution is 2.55. The molecule has 2 saturated carbocycles. The van der Waals surface area contributed by atoms with Crippen LogP contribution < -0.4 is 0 Å². The summed E-state index contributed by atoms with van der Waals surface area (Å²) in [7, 11) is 0. The average molecular weight is 180 g/mol. The molecule has 0 heterocycles. The maximum Gasteiger partial charge on any atom is -0.0360 e. The van der Waals surface area contributed by atoms with Crippen molar-refractivity contribution in [3.63, 3.8) is 0 Å². The summed E-state index contributed by atoms with van der Waals surface area (Å²) < 4.78 is 0. The normalized spacial score (nSPS) is 43.8. The van der Waals surface area contributed by atoms with Crippen LogP contribution in [0.1, 0.15) is 47.0 Å². The largest absolute Gasteiger partial charge is 0.0625 e. The van der Waals surface area contributed by atoms with Crippen molar-refractivity contribution in [2.45, 2.75) is 47.0 Å². The van der Waals surface area contributed by atoms with Crippen LogP contribution in [0.15, 0.2) is 0 Å². The van der Waals surface area contributed by atoms with Gasteiger partial charge in [0.05, 0.1) is 0 Å². The van der Waals surface area contributed by atoms with Crippen LogP contribution in [-0.4, -0.2) is 0 Å². The summed E-state index contributed by atoms with van der Waals surface area (Å²) in [5.74, 6) is 6.20. The van der Waals surface area contributed by atoms with E-state index in [1.165, 1.54) is 0 Å². The van der Waals surface area contributed by atoms with Gasteiger partial charge in [-0.2, -0.15) is 0 Å². The van der Waals surface area contributed by atoms with E-state index in [4.69, 9.17) is 0 Å². The van der Waals surface area contributed by atoms with Gasteiger partial charge in [0.15, 0.2) is 0 Å². The van der Waals surface area contributed by atoms with Crippen molar-refractivity contribution < 1.29 is 0 Å². The minimum atomic E-state index is 0.933. The molecule has 2 fully saturated rings. The van der Waals surface area contributed by atoms with Crippen molar-refractivity contribution in [1.82, 2.24) is 0 Å². The minimum Gasteiger partial charge on any atom is -0.0625 e. The van der Waals surface area contributed by atoms with Gasteiger partial charge in [-0.15, -0.1) is 0 Å². The van der Waals surface area contributed by atoms with E-state index >= 15 is 0 Å². The topological polar surface area (TPSA) is 0 Å². The lowest BCUT2D eigenvalue weighted by Crippen LogP contribution is -2.24. The van der Waals surface area contributed by atoms with Gasteiger partial charge in [0.25, 0.3) is 0 Å². The van der Waals surface area contributed by atoms with E-state index in [0.29, 0.717) is 0 Å².